The van der Waals surface area contributed by atoms with E-state index in [9.17, 15) is 9.59 Å². The molecule has 0 N–H and O–H groups in total. The average Bonchev–Trinajstić information content (AvgIpc) is 3.11. The van der Waals surface area contributed by atoms with E-state index >= 15 is 0 Å². The van der Waals surface area contributed by atoms with Crippen LogP contribution in [0.25, 0.3) is 10.9 Å². The summed E-state index contributed by atoms with van der Waals surface area (Å²) >= 11 is 0. The Balaban J connectivity index is 1.72. The molecule has 3 rings (SSSR count). The molecule has 30 heavy (non-hydrogen) atoms. The van der Waals surface area contributed by atoms with Crippen LogP contribution in [0.5, 0.6) is 0 Å². The topological polar surface area (TPSA) is 62.7 Å². The third-order valence-electron chi connectivity index (χ3n) is 5.70. The van der Waals surface area contributed by atoms with Crippen LogP contribution in [-0.4, -0.2) is 58.6 Å². The summed E-state index contributed by atoms with van der Waals surface area (Å²) in [5.41, 5.74) is 3.45. The predicted molar refractivity (Wildman–Crippen MR) is 119 cm³/mol. The minimum atomic E-state index is -0.533. The number of rotatable bonds is 4. The van der Waals surface area contributed by atoms with E-state index in [4.69, 9.17) is 9.72 Å². The summed E-state index contributed by atoms with van der Waals surface area (Å²) in [6.45, 7) is 10.8. The number of pyridine rings is 1. The molecule has 0 bridgehead atoms. The first-order valence-electron chi connectivity index (χ1n) is 10.6. The van der Waals surface area contributed by atoms with Gasteiger partial charge in [0.25, 0.3) is 0 Å². The standard InChI is InChI=1S/C24H33N3O3/c1-16-19-11-7-8-12-21(19)25-17(2)20(16)14-22(28)27-13-9-10-18(27)15-26(6)23(29)30-24(3,4)5/h7-8,11-12,18H,9-10,13-15H2,1-6H3/t18-/m0/s1. The maximum Gasteiger partial charge on any atom is 0.410 e. The number of para-hydroxylation sites is 1. The molecule has 1 aliphatic rings. The highest BCUT2D eigenvalue weighted by Crippen LogP contribution is 2.25. The number of ether oxygens (including phenoxy) is 1. The second-order valence-electron chi connectivity index (χ2n) is 9.24. The molecule has 2 aromatic rings. The van der Waals surface area contributed by atoms with Gasteiger partial charge in [0.15, 0.2) is 0 Å². The van der Waals surface area contributed by atoms with Gasteiger partial charge < -0.3 is 14.5 Å². The second kappa shape index (κ2) is 8.62. The zero-order valence-electron chi connectivity index (χ0n) is 19.0. The van der Waals surface area contributed by atoms with Gasteiger partial charge in [0.05, 0.1) is 11.9 Å². The highest BCUT2D eigenvalue weighted by Gasteiger charge is 2.32. The van der Waals surface area contributed by atoms with Gasteiger partial charge in [-0.25, -0.2) is 4.79 Å². The maximum atomic E-state index is 13.2. The molecule has 2 heterocycles. The van der Waals surface area contributed by atoms with Crippen molar-refractivity contribution in [1.82, 2.24) is 14.8 Å². The molecule has 1 aliphatic heterocycles. The lowest BCUT2D eigenvalue weighted by Gasteiger charge is -2.30. The van der Waals surface area contributed by atoms with Crippen molar-refractivity contribution in [2.45, 2.75) is 65.5 Å². The van der Waals surface area contributed by atoms with Crippen molar-refractivity contribution in [3.05, 3.63) is 41.1 Å². The average molecular weight is 412 g/mol. The van der Waals surface area contributed by atoms with Crippen LogP contribution in [0.3, 0.4) is 0 Å². The van der Waals surface area contributed by atoms with Gasteiger partial charge in [0.1, 0.15) is 5.60 Å². The molecule has 1 atom stereocenters. The van der Waals surface area contributed by atoms with Gasteiger partial charge in [-0.1, -0.05) is 18.2 Å². The number of aryl methyl sites for hydroxylation is 2. The molecule has 1 aromatic heterocycles. The normalized spacial score (nSPS) is 16.7. The van der Waals surface area contributed by atoms with Crippen LogP contribution in [-0.2, 0) is 16.0 Å². The van der Waals surface area contributed by atoms with E-state index in [1.54, 1.807) is 11.9 Å². The van der Waals surface area contributed by atoms with Crippen molar-refractivity contribution in [1.29, 1.82) is 0 Å². The number of likely N-dealkylation sites (tertiary alicyclic amines) is 1. The first kappa shape index (κ1) is 22.1. The number of hydrogen-bond acceptors (Lipinski definition) is 4. The minimum absolute atomic E-state index is 0.0176. The fourth-order valence-corrected chi connectivity index (χ4v) is 4.17. The summed E-state index contributed by atoms with van der Waals surface area (Å²) in [7, 11) is 1.73. The molecular formula is C24H33N3O3. The fraction of sp³-hybridized carbons (Fsp3) is 0.542. The Hall–Kier alpha value is -2.63. The highest BCUT2D eigenvalue weighted by atomic mass is 16.6. The van der Waals surface area contributed by atoms with Crippen molar-refractivity contribution < 1.29 is 14.3 Å². The lowest BCUT2D eigenvalue weighted by Crippen LogP contribution is -2.45. The van der Waals surface area contributed by atoms with E-state index in [2.05, 4.69) is 13.0 Å². The van der Waals surface area contributed by atoms with Gasteiger partial charge in [-0.2, -0.15) is 0 Å². The van der Waals surface area contributed by atoms with Crippen LogP contribution in [0.15, 0.2) is 24.3 Å². The summed E-state index contributed by atoms with van der Waals surface area (Å²) < 4.78 is 5.45. The van der Waals surface area contributed by atoms with E-state index < -0.39 is 5.60 Å². The Morgan fingerprint density at radius 1 is 1.23 bits per heavy atom. The minimum Gasteiger partial charge on any atom is -0.444 e. The zero-order chi connectivity index (χ0) is 22.1. The van der Waals surface area contributed by atoms with E-state index in [1.807, 2.05) is 50.8 Å². The molecule has 0 saturated carbocycles. The van der Waals surface area contributed by atoms with Crippen LogP contribution in [0.4, 0.5) is 4.79 Å². The highest BCUT2D eigenvalue weighted by molar-refractivity contribution is 5.86. The van der Waals surface area contributed by atoms with Crippen LogP contribution in [0.1, 0.15) is 50.4 Å². The smallest absolute Gasteiger partial charge is 0.410 e. The van der Waals surface area contributed by atoms with Gasteiger partial charge in [-0.05, 0) is 64.7 Å². The van der Waals surface area contributed by atoms with E-state index in [0.717, 1.165) is 47.1 Å². The summed E-state index contributed by atoms with van der Waals surface area (Å²) in [6, 6.07) is 8.06. The molecule has 0 aliphatic carbocycles. The van der Waals surface area contributed by atoms with E-state index in [1.165, 1.54) is 0 Å². The molecule has 0 radical (unpaired) electrons. The number of amides is 2. The van der Waals surface area contributed by atoms with Crippen molar-refractivity contribution in [3.63, 3.8) is 0 Å². The number of carbonyl (C=O) groups is 2. The molecule has 162 valence electrons. The summed E-state index contributed by atoms with van der Waals surface area (Å²) in [4.78, 5) is 33.7. The Morgan fingerprint density at radius 3 is 2.63 bits per heavy atom. The Kier molecular flexibility index (Phi) is 6.34. The first-order chi connectivity index (χ1) is 14.1. The number of carbonyl (C=O) groups excluding carboxylic acids is 2. The quantitative estimate of drug-likeness (QED) is 0.754. The maximum absolute atomic E-state index is 13.2. The number of benzene rings is 1. The number of fused-ring (bicyclic) bond motifs is 1. The Morgan fingerprint density at radius 2 is 1.93 bits per heavy atom. The summed E-state index contributed by atoms with van der Waals surface area (Å²) in [5, 5.41) is 1.09. The second-order valence-corrected chi connectivity index (χ2v) is 9.24. The number of likely N-dealkylation sites (N-methyl/N-ethyl adjacent to an activating group) is 1. The summed E-state index contributed by atoms with van der Waals surface area (Å²) in [6.07, 6.45) is 1.83. The van der Waals surface area contributed by atoms with Gasteiger partial charge in [0, 0.05) is 37.3 Å². The van der Waals surface area contributed by atoms with Crippen molar-refractivity contribution in [3.8, 4) is 0 Å². The monoisotopic (exact) mass is 411 g/mol. The zero-order valence-corrected chi connectivity index (χ0v) is 19.0. The largest absolute Gasteiger partial charge is 0.444 e. The Bertz CT molecular complexity index is 949. The van der Waals surface area contributed by atoms with E-state index in [-0.39, 0.29) is 18.0 Å². The van der Waals surface area contributed by atoms with Crippen LogP contribution in [0, 0.1) is 13.8 Å². The molecule has 6 nitrogen and oxygen atoms in total. The molecular weight excluding hydrogens is 378 g/mol. The van der Waals surface area contributed by atoms with Gasteiger partial charge in [-0.3, -0.25) is 9.78 Å². The predicted octanol–water partition coefficient (Wildman–Crippen LogP) is 4.25. The third kappa shape index (κ3) is 4.91. The van der Waals surface area contributed by atoms with Crippen LogP contribution in [0.2, 0.25) is 0 Å². The molecule has 2 amide bonds. The third-order valence-corrected chi connectivity index (χ3v) is 5.70. The van der Waals surface area contributed by atoms with Crippen molar-refractivity contribution >= 4 is 22.9 Å². The molecule has 0 unspecified atom stereocenters. The molecule has 1 fully saturated rings. The van der Waals surface area contributed by atoms with Gasteiger partial charge in [0.2, 0.25) is 5.91 Å². The molecule has 1 aromatic carbocycles. The number of nitrogens with zero attached hydrogens (tertiary/aromatic N) is 3. The van der Waals surface area contributed by atoms with Gasteiger partial charge in [-0.15, -0.1) is 0 Å². The Labute approximate surface area is 179 Å². The lowest BCUT2D eigenvalue weighted by atomic mass is 9.99. The molecule has 1 saturated heterocycles. The van der Waals surface area contributed by atoms with Crippen LogP contribution < -0.4 is 0 Å². The van der Waals surface area contributed by atoms with Crippen LogP contribution >= 0.6 is 0 Å². The SMILES string of the molecule is Cc1nc2ccccc2c(C)c1CC(=O)N1CCC[C@H]1CN(C)C(=O)OC(C)(C)C. The number of hydrogen-bond donors (Lipinski definition) is 0. The van der Waals surface area contributed by atoms with Gasteiger partial charge >= 0.3 is 6.09 Å². The van der Waals surface area contributed by atoms with E-state index in [0.29, 0.717) is 13.0 Å². The lowest BCUT2D eigenvalue weighted by molar-refractivity contribution is -0.131. The first-order valence-corrected chi connectivity index (χ1v) is 10.6. The fourth-order valence-electron chi connectivity index (χ4n) is 4.17. The van der Waals surface area contributed by atoms with Crippen molar-refractivity contribution in [2.24, 2.45) is 0 Å². The van der Waals surface area contributed by atoms with Crippen molar-refractivity contribution in [2.75, 3.05) is 20.1 Å². The molecule has 0 spiro atoms. The summed E-state index contributed by atoms with van der Waals surface area (Å²) in [5.74, 6) is 0.0957. The number of aromatic nitrogens is 1. The molecule has 6 heteroatoms.